The normalized spacial score (nSPS) is 22.8. The van der Waals surface area contributed by atoms with Gasteiger partial charge in [-0.25, -0.2) is 0 Å². The maximum Gasteiger partial charge on any atom is 0.303 e. The van der Waals surface area contributed by atoms with Gasteiger partial charge in [0.25, 0.3) is 0 Å². The Morgan fingerprint density at radius 1 is 1.50 bits per heavy atom. The summed E-state index contributed by atoms with van der Waals surface area (Å²) in [6.45, 7) is 0.456. The molecular formula is C12H14N2O2. The van der Waals surface area contributed by atoms with Crippen molar-refractivity contribution in [1.82, 2.24) is 0 Å². The molecule has 1 atom stereocenters. The highest BCUT2D eigenvalue weighted by Gasteiger charge is 2.24. The van der Waals surface area contributed by atoms with Gasteiger partial charge in [-0.05, 0) is 17.7 Å². The number of aliphatic carboxylic acids is 1. The van der Waals surface area contributed by atoms with Crippen molar-refractivity contribution in [3.63, 3.8) is 0 Å². The Labute approximate surface area is 93.1 Å². The van der Waals surface area contributed by atoms with E-state index in [2.05, 4.69) is 4.99 Å². The van der Waals surface area contributed by atoms with Gasteiger partial charge in [-0.1, -0.05) is 24.3 Å². The summed E-state index contributed by atoms with van der Waals surface area (Å²) in [7, 11) is 0. The van der Waals surface area contributed by atoms with E-state index in [4.69, 9.17) is 10.8 Å². The molecule has 0 bridgehead atoms. The SMILES string of the molecule is N[C@@]1(CCC(=O)O)C=c2ccccc2=NC1. The molecule has 4 nitrogen and oxygen atoms in total. The maximum absolute atomic E-state index is 10.5. The number of hydrogen-bond donors (Lipinski definition) is 2. The fourth-order valence-corrected chi connectivity index (χ4v) is 1.83. The van der Waals surface area contributed by atoms with Gasteiger partial charge in [0.15, 0.2) is 0 Å². The van der Waals surface area contributed by atoms with E-state index in [1.807, 2.05) is 30.3 Å². The van der Waals surface area contributed by atoms with Gasteiger partial charge in [0.05, 0.1) is 17.4 Å². The largest absolute Gasteiger partial charge is 0.481 e. The van der Waals surface area contributed by atoms with Gasteiger partial charge < -0.3 is 10.8 Å². The van der Waals surface area contributed by atoms with Gasteiger partial charge in [0, 0.05) is 6.42 Å². The van der Waals surface area contributed by atoms with Crippen LogP contribution in [0.3, 0.4) is 0 Å². The minimum absolute atomic E-state index is 0.0741. The molecule has 0 aliphatic carbocycles. The van der Waals surface area contributed by atoms with E-state index in [0.717, 1.165) is 10.6 Å². The monoisotopic (exact) mass is 218 g/mol. The molecule has 0 aromatic heterocycles. The first kappa shape index (κ1) is 10.8. The van der Waals surface area contributed by atoms with Crippen LogP contribution >= 0.6 is 0 Å². The molecule has 0 unspecified atom stereocenters. The fourth-order valence-electron chi connectivity index (χ4n) is 1.83. The van der Waals surface area contributed by atoms with Crippen molar-refractivity contribution >= 4 is 12.0 Å². The number of hydrogen-bond acceptors (Lipinski definition) is 3. The lowest BCUT2D eigenvalue weighted by molar-refractivity contribution is -0.137. The highest BCUT2D eigenvalue weighted by molar-refractivity contribution is 5.67. The average molecular weight is 218 g/mol. The number of carbonyl (C=O) groups is 1. The summed E-state index contributed by atoms with van der Waals surface area (Å²) >= 11 is 0. The van der Waals surface area contributed by atoms with E-state index >= 15 is 0 Å². The van der Waals surface area contributed by atoms with Crippen molar-refractivity contribution in [2.24, 2.45) is 10.7 Å². The Hall–Kier alpha value is -1.68. The van der Waals surface area contributed by atoms with Crippen LogP contribution in [0.15, 0.2) is 29.3 Å². The molecule has 1 aromatic carbocycles. The third-order valence-electron chi connectivity index (χ3n) is 2.73. The quantitative estimate of drug-likeness (QED) is 0.729. The molecule has 84 valence electrons. The Bertz CT molecular complexity index is 524. The maximum atomic E-state index is 10.5. The van der Waals surface area contributed by atoms with Crippen LogP contribution in [-0.2, 0) is 4.79 Å². The predicted octanol–water partition coefficient (Wildman–Crippen LogP) is -0.337. The summed E-state index contributed by atoms with van der Waals surface area (Å²) in [5, 5.41) is 10.6. The summed E-state index contributed by atoms with van der Waals surface area (Å²) in [5.41, 5.74) is 5.49. The predicted molar refractivity (Wildman–Crippen MR) is 60.3 cm³/mol. The molecule has 3 N–H and O–H groups in total. The molecule has 4 heteroatoms. The molecule has 0 radical (unpaired) electrons. The molecule has 16 heavy (non-hydrogen) atoms. The first-order valence-corrected chi connectivity index (χ1v) is 5.22. The summed E-state index contributed by atoms with van der Waals surface area (Å²) in [5.74, 6) is -0.822. The van der Waals surface area contributed by atoms with E-state index in [1.165, 1.54) is 0 Å². The van der Waals surface area contributed by atoms with Crippen molar-refractivity contribution < 1.29 is 9.90 Å². The molecule has 0 saturated carbocycles. The number of carboxylic acids is 1. The number of para-hydroxylation sites is 1. The first-order chi connectivity index (χ1) is 7.59. The number of nitrogens with two attached hydrogens (primary N) is 1. The highest BCUT2D eigenvalue weighted by atomic mass is 16.4. The van der Waals surface area contributed by atoms with Gasteiger partial charge in [-0.15, -0.1) is 0 Å². The summed E-state index contributed by atoms with van der Waals surface area (Å²) in [6, 6.07) is 7.73. The van der Waals surface area contributed by atoms with E-state index in [-0.39, 0.29) is 6.42 Å². The zero-order valence-electron chi connectivity index (χ0n) is 8.89. The summed E-state index contributed by atoms with van der Waals surface area (Å²) in [4.78, 5) is 14.9. The van der Waals surface area contributed by atoms with Crippen LogP contribution in [0.1, 0.15) is 12.8 Å². The fraction of sp³-hybridized carbons (Fsp3) is 0.333. The highest BCUT2D eigenvalue weighted by Crippen LogP contribution is 2.13. The minimum atomic E-state index is -0.822. The molecule has 0 amide bonds. The second-order valence-electron chi connectivity index (χ2n) is 4.15. The average Bonchev–Trinajstić information content (AvgIpc) is 2.26. The zero-order chi connectivity index (χ0) is 11.6. The Kier molecular flexibility index (Phi) is 2.75. The van der Waals surface area contributed by atoms with Crippen molar-refractivity contribution in [2.75, 3.05) is 6.54 Å². The van der Waals surface area contributed by atoms with Crippen LogP contribution in [0.2, 0.25) is 0 Å². The molecule has 0 spiro atoms. The van der Waals surface area contributed by atoms with Crippen molar-refractivity contribution in [1.29, 1.82) is 0 Å². The van der Waals surface area contributed by atoms with Crippen LogP contribution in [0, 0.1) is 0 Å². The third-order valence-corrected chi connectivity index (χ3v) is 2.73. The van der Waals surface area contributed by atoms with Crippen molar-refractivity contribution in [3.05, 3.63) is 34.8 Å². The van der Waals surface area contributed by atoms with Crippen LogP contribution in [0.25, 0.3) is 6.08 Å². The second kappa shape index (κ2) is 4.06. The zero-order valence-corrected chi connectivity index (χ0v) is 8.89. The Morgan fingerprint density at radius 3 is 3.00 bits per heavy atom. The van der Waals surface area contributed by atoms with Gasteiger partial charge in [-0.2, -0.15) is 0 Å². The van der Waals surface area contributed by atoms with Gasteiger partial charge in [0.1, 0.15) is 0 Å². The number of rotatable bonds is 3. The Balaban J connectivity index is 2.29. The van der Waals surface area contributed by atoms with Gasteiger partial charge >= 0.3 is 5.97 Å². The minimum Gasteiger partial charge on any atom is -0.481 e. The van der Waals surface area contributed by atoms with Crippen molar-refractivity contribution in [3.8, 4) is 0 Å². The van der Waals surface area contributed by atoms with E-state index in [0.29, 0.717) is 13.0 Å². The van der Waals surface area contributed by atoms with E-state index < -0.39 is 11.5 Å². The van der Waals surface area contributed by atoms with Crippen molar-refractivity contribution in [2.45, 2.75) is 18.4 Å². The molecule has 1 aromatic rings. The summed E-state index contributed by atoms with van der Waals surface area (Å²) < 4.78 is 0. The third kappa shape index (κ3) is 2.28. The number of benzene rings is 1. The topological polar surface area (TPSA) is 75.7 Å². The van der Waals surface area contributed by atoms with Crippen LogP contribution in [0.4, 0.5) is 0 Å². The van der Waals surface area contributed by atoms with E-state index in [9.17, 15) is 4.79 Å². The van der Waals surface area contributed by atoms with Gasteiger partial charge in [-0.3, -0.25) is 9.79 Å². The lowest BCUT2D eigenvalue weighted by Gasteiger charge is -2.25. The molecule has 2 rings (SSSR count). The standard InChI is InChI=1S/C12H14N2O2/c13-12(6-5-11(15)16)7-9-3-1-2-4-10(9)14-8-12/h1-4,7H,5-6,8,13H2,(H,15,16)/t12-/m0/s1. The molecule has 0 saturated heterocycles. The smallest absolute Gasteiger partial charge is 0.303 e. The van der Waals surface area contributed by atoms with Crippen LogP contribution in [0.5, 0.6) is 0 Å². The molecule has 1 aliphatic rings. The molecule has 1 aliphatic heterocycles. The number of carboxylic acid groups (broad SMARTS) is 1. The van der Waals surface area contributed by atoms with Gasteiger partial charge in [0.2, 0.25) is 0 Å². The van der Waals surface area contributed by atoms with Crippen LogP contribution < -0.4 is 16.3 Å². The second-order valence-corrected chi connectivity index (χ2v) is 4.15. The van der Waals surface area contributed by atoms with E-state index in [1.54, 1.807) is 0 Å². The van der Waals surface area contributed by atoms with Crippen LogP contribution in [-0.4, -0.2) is 23.2 Å². The molecular weight excluding hydrogens is 204 g/mol. The lowest BCUT2D eigenvalue weighted by atomic mass is 9.91. The summed E-state index contributed by atoms with van der Waals surface area (Å²) in [6.07, 6.45) is 2.42. The first-order valence-electron chi connectivity index (χ1n) is 5.22. The Morgan fingerprint density at radius 2 is 2.25 bits per heavy atom. The molecule has 0 fully saturated rings. The number of fused-ring (bicyclic) bond motifs is 1. The number of nitrogens with zero attached hydrogens (tertiary/aromatic N) is 1. The lowest BCUT2D eigenvalue weighted by Crippen LogP contribution is -2.48. The molecule has 1 heterocycles.